The Balaban J connectivity index is 1.29. The van der Waals surface area contributed by atoms with Crippen LogP contribution >= 0.6 is 0 Å². The van der Waals surface area contributed by atoms with Crippen molar-refractivity contribution < 1.29 is 19.1 Å². The predicted octanol–water partition coefficient (Wildman–Crippen LogP) is 1.49. The molecule has 2 aliphatic rings. The molecule has 0 spiro atoms. The Bertz CT molecular complexity index is 709. The molecule has 3 rings (SSSR count). The molecule has 152 valence electrons. The van der Waals surface area contributed by atoms with Crippen LogP contribution in [0.4, 0.5) is 0 Å². The zero-order valence-electron chi connectivity index (χ0n) is 16.5. The van der Waals surface area contributed by atoms with Crippen LogP contribution in [0.3, 0.4) is 0 Å². The van der Waals surface area contributed by atoms with Gasteiger partial charge >= 0.3 is 11.8 Å². The van der Waals surface area contributed by atoms with E-state index in [0.717, 1.165) is 37.0 Å². The van der Waals surface area contributed by atoms with E-state index < -0.39 is 11.8 Å². The zero-order valence-corrected chi connectivity index (χ0v) is 16.5. The fourth-order valence-electron chi connectivity index (χ4n) is 3.21. The van der Waals surface area contributed by atoms with Crippen molar-refractivity contribution in [3.05, 3.63) is 29.8 Å². The van der Waals surface area contributed by atoms with Gasteiger partial charge in [-0.25, -0.2) is 0 Å². The maximum absolute atomic E-state index is 12.3. The van der Waals surface area contributed by atoms with Crippen LogP contribution in [0.5, 0.6) is 5.75 Å². The van der Waals surface area contributed by atoms with Crippen molar-refractivity contribution in [2.24, 2.45) is 0 Å². The van der Waals surface area contributed by atoms with E-state index in [-0.39, 0.29) is 11.9 Å². The summed E-state index contributed by atoms with van der Waals surface area (Å²) in [4.78, 5) is 39.6. The molecule has 1 saturated carbocycles. The van der Waals surface area contributed by atoms with Gasteiger partial charge in [-0.2, -0.15) is 0 Å². The molecule has 0 bridgehead atoms. The Morgan fingerprint density at radius 2 is 1.79 bits per heavy atom. The number of carbonyl (C=O) groups excluding carboxylic acids is 3. The lowest BCUT2D eigenvalue weighted by Crippen LogP contribution is -2.54. The molecule has 1 aliphatic carbocycles. The molecule has 1 heterocycles. The first-order valence-electron chi connectivity index (χ1n) is 10.1. The largest absolute Gasteiger partial charge is 0.494 e. The summed E-state index contributed by atoms with van der Waals surface area (Å²) in [5.74, 6) is -0.0360. The van der Waals surface area contributed by atoms with Crippen molar-refractivity contribution >= 4 is 17.7 Å². The molecule has 3 amide bonds. The Morgan fingerprint density at radius 1 is 1.07 bits per heavy atom. The summed E-state index contributed by atoms with van der Waals surface area (Å²) < 4.78 is 5.70. The van der Waals surface area contributed by atoms with E-state index in [2.05, 4.69) is 5.32 Å². The topological polar surface area (TPSA) is 79.0 Å². The summed E-state index contributed by atoms with van der Waals surface area (Å²) in [6, 6.07) is 8.10. The number of hydrogen-bond acceptors (Lipinski definition) is 4. The minimum atomic E-state index is -0.518. The number of nitrogens with zero attached hydrogens (tertiary/aromatic N) is 2. The lowest BCUT2D eigenvalue weighted by Gasteiger charge is -2.34. The number of piperazine rings is 1. The van der Waals surface area contributed by atoms with Gasteiger partial charge in [0.25, 0.3) is 0 Å². The smallest absolute Gasteiger partial charge is 0.312 e. The summed E-state index contributed by atoms with van der Waals surface area (Å²) in [5, 5.41) is 2.72. The molecule has 1 aromatic carbocycles. The molecule has 1 saturated heterocycles. The monoisotopic (exact) mass is 387 g/mol. The van der Waals surface area contributed by atoms with Gasteiger partial charge in [-0.1, -0.05) is 12.1 Å². The van der Waals surface area contributed by atoms with E-state index in [4.69, 9.17) is 4.74 Å². The van der Waals surface area contributed by atoms with E-state index in [0.29, 0.717) is 39.2 Å². The number of unbranched alkanes of at least 4 members (excludes halogenated alkanes) is 1. The predicted molar refractivity (Wildman–Crippen MR) is 105 cm³/mol. The van der Waals surface area contributed by atoms with Crippen LogP contribution in [0.15, 0.2) is 24.3 Å². The molecule has 1 aliphatic heterocycles. The molecular formula is C21H29N3O4. The lowest BCUT2D eigenvalue weighted by molar-refractivity contribution is -0.148. The van der Waals surface area contributed by atoms with Gasteiger partial charge in [0.2, 0.25) is 5.91 Å². The highest BCUT2D eigenvalue weighted by atomic mass is 16.5. The summed E-state index contributed by atoms with van der Waals surface area (Å²) in [5.41, 5.74) is 1.16. The van der Waals surface area contributed by atoms with Crippen molar-refractivity contribution in [2.45, 2.75) is 45.1 Å². The third-order valence-corrected chi connectivity index (χ3v) is 5.07. The van der Waals surface area contributed by atoms with Crippen molar-refractivity contribution in [2.75, 3.05) is 32.8 Å². The van der Waals surface area contributed by atoms with Gasteiger partial charge in [-0.05, 0) is 50.3 Å². The third-order valence-electron chi connectivity index (χ3n) is 5.07. The van der Waals surface area contributed by atoms with Crippen molar-refractivity contribution in [1.82, 2.24) is 15.1 Å². The third kappa shape index (κ3) is 5.97. The van der Waals surface area contributed by atoms with Gasteiger partial charge in [0.1, 0.15) is 5.75 Å². The normalized spacial score (nSPS) is 16.6. The van der Waals surface area contributed by atoms with Crippen LogP contribution in [0, 0.1) is 6.92 Å². The molecule has 1 aromatic rings. The average molecular weight is 387 g/mol. The van der Waals surface area contributed by atoms with E-state index in [1.807, 2.05) is 31.2 Å². The zero-order chi connectivity index (χ0) is 19.9. The van der Waals surface area contributed by atoms with Crippen LogP contribution < -0.4 is 10.1 Å². The maximum atomic E-state index is 12.3. The van der Waals surface area contributed by atoms with Crippen molar-refractivity contribution in [1.29, 1.82) is 0 Å². The van der Waals surface area contributed by atoms with Gasteiger partial charge in [-0.15, -0.1) is 0 Å². The molecule has 0 atom stereocenters. The number of carbonyl (C=O) groups is 3. The molecule has 0 aromatic heterocycles. The van der Waals surface area contributed by atoms with Crippen LogP contribution in [-0.4, -0.2) is 66.3 Å². The minimum absolute atomic E-state index is 0.102. The number of nitrogens with one attached hydrogen (secondary N) is 1. The molecule has 28 heavy (non-hydrogen) atoms. The summed E-state index contributed by atoms with van der Waals surface area (Å²) in [7, 11) is 0. The average Bonchev–Trinajstić information content (AvgIpc) is 3.51. The molecule has 0 radical (unpaired) electrons. The SMILES string of the molecule is Cc1cccc(OCCCCC(=O)N2CCN(C(=O)C(=O)NC3CC3)CC2)c1. The number of benzene rings is 1. The van der Waals surface area contributed by atoms with E-state index in [9.17, 15) is 14.4 Å². The Labute approximate surface area is 166 Å². The second-order valence-corrected chi connectivity index (χ2v) is 7.54. The summed E-state index contributed by atoms with van der Waals surface area (Å²) >= 11 is 0. The molecular weight excluding hydrogens is 358 g/mol. The number of hydrogen-bond donors (Lipinski definition) is 1. The fraction of sp³-hybridized carbons (Fsp3) is 0.571. The highest BCUT2D eigenvalue weighted by Gasteiger charge is 2.31. The van der Waals surface area contributed by atoms with E-state index in [1.165, 1.54) is 4.90 Å². The molecule has 0 unspecified atom stereocenters. The van der Waals surface area contributed by atoms with Gasteiger partial charge in [0.15, 0.2) is 0 Å². The second kappa shape index (κ2) is 9.57. The van der Waals surface area contributed by atoms with E-state index >= 15 is 0 Å². The van der Waals surface area contributed by atoms with Gasteiger partial charge in [-0.3, -0.25) is 14.4 Å². The first-order chi connectivity index (χ1) is 13.5. The Morgan fingerprint density at radius 3 is 2.46 bits per heavy atom. The van der Waals surface area contributed by atoms with Crippen molar-refractivity contribution in [3.63, 3.8) is 0 Å². The fourth-order valence-corrected chi connectivity index (χ4v) is 3.21. The van der Waals surface area contributed by atoms with Gasteiger partial charge in [0.05, 0.1) is 6.61 Å². The quantitative estimate of drug-likeness (QED) is 0.568. The number of amides is 3. The maximum Gasteiger partial charge on any atom is 0.312 e. The summed E-state index contributed by atoms with van der Waals surface area (Å²) in [6.07, 6.45) is 3.98. The van der Waals surface area contributed by atoms with Crippen LogP contribution in [0.1, 0.15) is 37.7 Å². The summed E-state index contributed by atoms with van der Waals surface area (Å²) in [6.45, 7) is 4.42. The number of ether oxygens (including phenoxy) is 1. The van der Waals surface area contributed by atoms with Crippen LogP contribution in [0.25, 0.3) is 0 Å². The Kier molecular flexibility index (Phi) is 6.90. The first-order valence-corrected chi connectivity index (χ1v) is 10.1. The van der Waals surface area contributed by atoms with Gasteiger partial charge < -0.3 is 19.9 Å². The highest BCUT2D eigenvalue weighted by Crippen LogP contribution is 2.18. The van der Waals surface area contributed by atoms with Crippen LogP contribution in [0.2, 0.25) is 0 Å². The lowest BCUT2D eigenvalue weighted by atomic mass is 10.2. The minimum Gasteiger partial charge on any atom is -0.494 e. The first kappa shape index (κ1) is 20.2. The molecule has 7 heteroatoms. The van der Waals surface area contributed by atoms with Crippen LogP contribution in [-0.2, 0) is 14.4 Å². The molecule has 7 nitrogen and oxygen atoms in total. The number of rotatable bonds is 7. The number of aryl methyl sites for hydroxylation is 1. The molecule has 1 N–H and O–H groups in total. The van der Waals surface area contributed by atoms with E-state index in [1.54, 1.807) is 4.90 Å². The standard InChI is InChI=1S/C21H29N3O4/c1-16-5-4-6-18(15-16)28-14-3-2-7-19(25)23-10-12-24(13-11-23)21(27)20(26)22-17-8-9-17/h4-6,15,17H,2-3,7-14H2,1H3,(H,22,26). The van der Waals surface area contributed by atoms with Gasteiger partial charge in [0, 0.05) is 38.6 Å². The molecule has 2 fully saturated rings. The second-order valence-electron chi connectivity index (χ2n) is 7.54. The highest BCUT2D eigenvalue weighted by molar-refractivity contribution is 6.35. The van der Waals surface area contributed by atoms with Crippen molar-refractivity contribution in [3.8, 4) is 5.75 Å². The Hall–Kier alpha value is -2.57.